The number of aromatic nitrogens is 1. The average molecular weight is 430 g/mol. The van der Waals surface area contributed by atoms with E-state index in [0.29, 0.717) is 16.6 Å². The molecule has 0 aliphatic carbocycles. The molecule has 4 aromatic rings. The molecule has 0 amide bonds. The summed E-state index contributed by atoms with van der Waals surface area (Å²) in [6, 6.07) is 21.9. The lowest BCUT2D eigenvalue weighted by Gasteiger charge is -2.09. The van der Waals surface area contributed by atoms with E-state index >= 15 is 0 Å². The van der Waals surface area contributed by atoms with Gasteiger partial charge in [-0.3, -0.25) is 0 Å². The minimum Gasteiger partial charge on any atom is -0.343 e. The predicted octanol–water partition coefficient (Wildman–Crippen LogP) is 6.94. The van der Waals surface area contributed by atoms with Gasteiger partial charge in [-0.1, -0.05) is 77.3 Å². The van der Waals surface area contributed by atoms with Crippen molar-refractivity contribution in [3.8, 4) is 0 Å². The second-order valence-corrected chi connectivity index (χ2v) is 7.92. The Bertz CT molecular complexity index is 1100. The molecule has 0 radical (unpaired) electrons. The predicted molar refractivity (Wildman–Crippen MR) is 119 cm³/mol. The zero-order valence-electron chi connectivity index (χ0n) is 15.1. The van der Waals surface area contributed by atoms with Crippen molar-refractivity contribution in [1.82, 2.24) is 9.88 Å². The summed E-state index contributed by atoms with van der Waals surface area (Å²) < 4.78 is 2.20. The first-order valence-electron chi connectivity index (χ1n) is 9.07. The van der Waals surface area contributed by atoms with E-state index in [4.69, 9.17) is 34.8 Å². The van der Waals surface area contributed by atoms with Crippen molar-refractivity contribution in [2.24, 2.45) is 0 Å². The molecule has 1 heterocycles. The molecule has 0 saturated carbocycles. The second kappa shape index (κ2) is 8.59. The van der Waals surface area contributed by atoms with Crippen molar-refractivity contribution >= 4 is 45.7 Å². The fraction of sp³-hybridized carbons (Fsp3) is 0.130. The SMILES string of the molecule is Clc1ccccc1CNCc1cn(Cc2c(Cl)cccc2Cl)c2ccccc12. The van der Waals surface area contributed by atoms with Gasteiger partial charge in [0.05, 0.1) is 6.54 Å². The fourth-order valence-electron chi connectivity index (χ4n) is 3.42. The van der Waals surface area contributed by atoms with Gasteiger partial charge in [0, 0.05) is 50.8 Å². The molecule has 5 heteroatoms. The molecular formula is C23H19Cl3N2. The van der Waals surface area contributed by atoms with Crippen LogP contribution in [0.15, 0.2) is 72.9 Å². The fourth-order valence-corrected chi connectivity index (χ4v) is 4.14. The van der Waals surface area contributed by atoms with Crippen LogP contribution in [0.1, 0.15) is 16.7 Å². The van der Waals surface area contributed by atoms with Crippen LogP contribution in [-0.4, -0.2) is 4.57 Å². The van der Waals surface area contributed by atoms with Crippen LogP contribution in [0.25, 0.3) is 10.9 Å². The third-order valence-electron chi connectivity index (χ3n) is 4.85. The molecule has 0 atom stereocenters. The van der Waals surface area contributed by atoms with Crippen LogP contribution in [-0.2, 0) is 19.6 Å². The van der Waals surface area contributed by atoms with Crippen molar-refractivity contribution < 1.29 is 0 Å². The van der Waals surface area contributed by atoms with Crippen molar-refractivity contribution in [3.05, 3.63) is 105 Å². The molecule has 142 valence electrons. The Kier molecular flexibility index (Phi) is 5.93. The molecule has 0 aliphatic rings. The number of para-hydroxylation sites is 1. The number of rotatable bonds is 6. The van der Waals surface area contributed by atoms with Crippen molar-refractivity contribution in [1.29, 1.82) is 0 Å². The maximum Gasteiger partial charge on any atom is 0.0505 e. The number of nitrogens with zero attached hydrogens (tertiary/aromatic N) is 1. The highest BCUT2D eigenvalue weighted by Gasteiger charge is 2.12. The maximum atomic E-state index is 6.38. The molecule has 4 rings (SSSR count). The summed E-state index contributed by atoms with van der Waals surface area (Å²) in [5.41, 5.74) is 4.41. The molecule has 28 heavy (non-hydrogen) atoms. The standard InChI is InChI=1S/C23H19Cl3N2/c24-20-8-3-1-6-16(20)12-27-13-17-14-28(23-11-4-2-7-18(17)23)15-19-21(25)9-5-10-22(19)26/h1-11,14,27H,12-13,15H2. The highest BCUT2D eigenvalue weighted by molar-refractivity contribution is 6.36. The van der Waals surface area contributed by atoms with Crippen LogP contribution in [0.2, 0.25) is 15.1 Å². The van der Waals surface area contributed by atoms with Gasteiger partial charge in [0.1, 0.15) is 0 Å². The van der Waals surface area contributed by atoms with Gasteiger partial charge >= 0.3 is 0 Å². The second-order valence-electron chi connectivity index (χ2n) is 6.69. The zero-order chi connectivity index (χ0) is 19.5. The smallest absolute Gasteiger partial charge is 0.0505 e. The van der Waals surface area contributed by atoms with Crippen LogP contribution in [0.5, 0.6) is 0 Å². The van der Waals surface area contributed by atoms with E-state index in [2.05, 4.69) is 34.3 Å². The highest BCUT2D eigenvalue weighted by Crippen LogP contribution is 2.28. The van der Waals surface area contributed by atoms with E-state index in [1.165, 1.54) is 10.9 Å². The first kappa shape index (κ1) is 19.4. The molecule has 0 spiro atoms. The summed E-state index contributed by atoms with van der Waals surface area (Å²) in [7, 11) is 0. The summed E-state index contributed by atoms with van der Waals surface area (Å²) in [5.74, 6) is 0. The molecule has 0 aliphatic heterocycles. The van der Waals surface area contributed by atoms with Gasteiger partial charge in [-0.2, -0.15) is 0 Å². The summed E-state index contributed by atoms with van der Waals surface area (Å²) in [6.07, 6.45) is 2.17. The Morgan fingerprint density at radius 1 is 0.679 bits per heavy atom. The largest absolute Gasteiger partial charge is 0.343 e. The molecule has 0 unspecified atom stereocenters. The molecule has 0 bridgehead atoms. The molecule has 1 aromatic heterocycles. The minimum absolute atomic E-state index is 0.629. The molecule has 2 nitrogen and oxygen atoms in total. The van der Waals surface area contributed by atoms with Crippen LogP contribution in [0.3, 0.4) is 0 Å². The topological polar surface area (TPSA) is 17.0 Å². The lowest BCUT2D eigenvalue weighted by Crippen LogP contribution is -2.12. The van der Waals surface area contributed by atoms with E-state index < -0.39 is 0 Å². The third-order valence-corrected chi connectivity index (χ3v) is 5.93. The molecule has 0 fully saturated rings. The number of hydrogen-bond acceptors (Lipinski definition) is 1. The number of halogens is 3. The molecule has 0 saturated heterocycles. The van der Waals surface area contributed by atoms with Gasteiger partial charge in [0.2, 0.25) is 0 Å². The van der Waals surface area contributed by atoms with Crippen LogP contribution >= 0.6 is 34.8 Å². The van der Waals surface area contributed by atoms with Crippen LogP contribution in [0.4, 0.5) is 0 Å². The first-order chi connectivity index (χ1) is 13.6. The Hall–Kier alpha value is -1.97. The summed E-state index contributed by atoms with van der Waals surface area (Å²) in [6.45, 7) is 2.09. The van der Waals surface area contributed by atoms with Gasteiger partial charge in [-0.25, -0.2) is 0 Å². The van der Waals surface area contributed by atoms with E-state index in [1.54, 1.807) is 0 Å². The quantitative estimate of drug-likeness (QED) is 0.351. The average Bonchev–Trinajstić information content (AvgIpc) is 3.04. The van der Waals surface area contributed by atoms with Gasteiger partial charge in [0.15, 0.2) is 0 Å². The van der Waals surface area contributed by atoms with E-state index in [9.17, 15) is 0 Å². The molecular weight excluding hydrogens is 411 g/mol. The van der Waals surface area contributed by atoms with Gasteiger partial charge < -0.3 is 9.88 Å². The van der Waals surface area contributed by atoms with Crippen LogP contribution < -0.4 is 5.32 Å². The summed E-state index contributed by atoms with van der Waals surface area (Å²) in [4.78, 5) is 0. The van der Waals surface area contributed by atoms with Crippen molar-refractivity contribution in [2.45, 2.75) is 19.6 Å². The Morgan fingerprint density at radius 2 is 1.32 bits per heavy atom. The van der Waals surface area contributed by atoms with Crippen molar-refractivity contribution in [2.75, 3.05) is 0 Å². The van der Waals surface area contributed by atoms with Gasteiger partial charge in [0.25, 0.3) is 0 Å². The van der Waals surface area contributed by atoms with Crippen LogP contribution in [0, 0.1) is 0 Å². The number of nitrogens with one attached hydrogen (secondary N) is 1. The van der Waals surface area contributed by atoms with Gasteiger partial charge in [-0.05, 0) is 35.4 Å². The van der Waals surface area contributed by atoms with E-state index in [1.807, 2.05) is 48.5 Å². The zero-order valence-corrected chi connectivity index (χ0v) is 17.4. The monoisotopic (exact) mass is 428 g/mol. The number of hydrogen-bond donors (Lipinski definition) is 1. The maximum absolute atomic E-state index is 6.38. The Morgan fingerprint density at radius 3 is 2.11 bits per heavy atom. The summed E-state index contributed by atoms with van der Waals surface area (Å²) in [5, 5.41) is 6.87. The minimum atomic E-state index is 0.629. The van der Waals surface area contributed by atoms with E-state index in [0.717, 1.165) is 34.8 Å². The lowest BCUT2D eigenvalue weighted by atomic mass is 10.1. The number of fused-ring (bicyclic) bond motifs is 1. The molecule has 1 N–H and O–H groups in total. The Labute approximate surface area is 179 Å². The lowest BCUT2D eigenvalue weighted by molar-refractivity contribution is 0.692. The molecule has 3 aromatic carbocycles. The summed E-state index contributed by atoms with van der Waals surface area (Å²) >= 11 is 19.0. The Balaban J connectivity index is 1.59. The normalized spacial score (nSPS) is 11.2. The van der Waals surface area contributed by atoms with Crippen molar-refractivity contribution in [3.63, 3.8) is 0 Å². The third kappa shape index (κ3) is 4.06. The first-order valence-corrected chi connectivity index (χ1v) is 10.2. The number of benzene rings is 3. The highest BCUT2D eigenvalue weighted by atomic mass is 35.5. The van der Waals surface area contributed by atoms with Gasteiger partial charge in [-0.15, -0.1) is 0 Å². The van der Waals surface area contributed by atoms with E-state index in [-0.39, 0.29) is 0 Å².